The molecule has 0 saturated heterocycles. The highest BCUT2D eigenvalue weighted by Gasteiger charge is 2.34. The number of sulfonamides is 1. The molecule has 0 heterocycles. The summed E-state index contributed by atoms with van der Waals surface area (Å²) in [4.78, 5) is -0.734. The number of halogens is 2. The highest BCUT2D eigenvalue weighted by molar-refractivity contribution is 7.89. The molecule has 0 radical (unpaired) electrons. The SMILES string of the molecule is CC1CCC(NS(=O)(=O)c2cc(N)cc(F)c2F)C1C. The number of rotatable bonds is 3. The maximum absolute atomic E-state index is 13.7. The van der Waals surface area contributed by atoms with Crippen LogP contribution in [0.25, 0.3) is 0 Å². The lowest BCUT2D eigenvalue weighted by atomic mass is 9.98. The molecule has 1 aliphatic rings. The summed E-state index contributed by atoms with van der Waals surface area (Å²) >= 11 is 0. The van der Waals surface area contributed by atoms with Crippen molar-refractivity contribution in [1.82, 2.24) is 4.72 Å². The first-order valence-corrected chi connectivity index (χ1v) is 7.97. The molecule has 3 atom stereocenters. The van der Waals surface area contributed by atoms with Crippen molar-refractivity contribution < 1.29 is 17.2 Å². The molecule has 1 aliphatic carbocycles. The molecular weight excluding hydrogens is 286 g/mol. The average molecular weight is 304 g/mol. The predicted molar refractivity (Wildman–Crippen MR) is 72.4 cm³/mol. The van der Waals surface area contributed by atoms with Gasteiger partial charge >= 0.3 is 0 Å². The van der Waals surface area contributed by atoms with E-state index < -0.39 is 26.6 Å². The van der Waals surface area contributed by atoms with E-state index in [9.17, 15) is 17.2 Å². The zero-order chi connectivity index (χ0) is 15.1. The minimum Gasteiger partial charge on any atom is -0.399 e. The van der Waals surface area contributed by atoms with Gasteiger partial charge in [-0.15, -0.1) is 0 Å². The largest absolute Gasteiger partial charge is 0.399 e. The van der Waals surface area contributed by atoms with Crippen LogP contribution < -0.4 is 10.5 Å². The van der Waals surface area contributed by atoms with Crippen LogP contribution in [0, 0.1) is 23.5 Å². The number of hydrogen-bond donors (Lipinski definition) is 2. The second kappa shape index (κ2) is 5.29. The number of benzene rings is 1. The Kier molecular flexibility index (Phi) is 4.02. The number of nitrogens with one attached hydrogen (secondary N) is 1. The van der Waals surface area contributed by atoms with Gasteiger partial charge in [0, 0.05) is 11.7 Å². The van der Waals surface area contributed by atoms with Crippen LogP contribution in [0.1, 0.15) is 26.7 Å². The summed E-state index contributed by atoms with van der Waals surface area (Å²) in [6, 6.07) is 1.43. The van der Waals surface area contributed by atoms with E-state index in [0.29, 0.717) is 12.3 Å². The van der Waals surface area contributed by atoms with Crippen molar-refractivity contribution in [3.63, 3.8) is 0 Å². The fourth-order valence-electron chi connectivity index (χ4n) is 2.57. The molecule has 7 heteroatoms. The standard InChI is InChI=1S/C13H18F2N2O2S/c1-7-3-4-11(8(7)2)17-20(18,19)12-6-9(16)5-10(14)13(12)15/h5-8,11,17H,3-4,16H2,1-2H3. The first-order valence-electron chi connectivity index (χ1n) is 6.49. The van der Waals surface area contributed by atoms with Crippen LogP contribution in [0.5, 0.6) is 0 Å². The molecule has 1 fully saturated rings. The lowest BCUT2D eigenvalue weighted by Gasteiger charge is -2.20. The summed E-state index contributed by atoms with van der Waals surface area (Å²) in [5.41, 5.74) is 5.26. The Balaban J connectivity index is 2.32. The molecule has 0 aromatic heterocycles. The van der Waals surface area contributed by atoms with Crippen molar-refractivity contribution >= 4 is 15.7 Å². The average Bonchev–Trinajstić information content (AvgIpc) is 2.65. The van der Waals surface area contributed by atoms with Gasteiger partial charge in [-0.05, 0) is 36.8 Å². The monoisotopic (exact) mass is 304 g/mol. The minimum atomic E-state index is -4.12. The number of nitrogen functional groups attached to an aromatic ring is 1. The molecule has 3 N–H and O–H groups in total. The van der Waals surface area contributed by atoms with E-state index >= 15 is 0 Å². The maximum atomic E-state index is 13.7. The first-order chi connectivity index (χ1) is 9.22. The van der Waals surface area contributed by atoms with Crippen molar-refractivity contribution in [2.24, 2.45) is 11.8 Å². The Labute approximate surface area is 117 Å². The molecule has 0 spiro atoms. The molecule has 20 heavy (non-hydrogen) atoms. The van der Waals surface area contributed by atoms with E-state index in [1.54, 1.807) is 0 Å². The normalized spacial score (nSPS) is 26.9. The summed E-state index contributed by atoms with van der Waals surface area (Å²) in [6.07, 6.45) is 1.59. The van der Waals surface area contributed by atoms with Gasteiger partial charge in [0.1, 0.15) is 4.90 Å². The molecule has 0 amide bonds. The summed E-state index contributed by atoms with van der Waals surface area (Å²) in [7, 11) is -4.12. The fraction of sp³-hybridized carbons (Fsp3) is 0.538. The zero-order valence-corrected chi connectivity index (χ0v) is 12.2. The Hall–Kier alpha value is -1.21. The second-order valence-corrected chi connectivity index (χ2v) is 7.14. The molecule has 1 aromatic carbocycles. The summed E-state index contributed by atoms with van der Waals surface area (Å²) in [5, 5.41) is 0. The minimum absolute atomic E-state index is 0.128. The van der Waals surface area contributed by atoms with Gasteiger partial charge < -0.3 is 5.73 Å². The van der Waals surface area contributed by atoms with Gasteiger partial charge in [-0.2, -0.15) is 0 Å². The van der Waals surface area contributed by atoms with Crippen LogP contribution in [0.15, 0.2) is 17.0 Å². The fourth-order valence-corrected chi connectivity index (χ4v) is 4.06. The molecule has 0 aliphatic heterocycles. The van der Waals surface area contributed by atoms with Gasteiger partial charge in [0.15, 0.2) is 11.6 Å². The summed E-state index contributed by atoms with van der Waals surface area (Å²) in [5.74, 6) is -2.12. The topological polar surface area (TPSA) is 72.2 Å². The van der Waals surface area contributed by atoms with E-state index in [2.05, 4.69) is 4.72 Å². The predicted octanol–water partition coefficient (Wildman–Crippen LogP) is 2.26. The molecule has 3 unspecified atom stereocenters. The third-order valence-electron chi connectivity index (χ3n) is 4.08. The molecule has 2 rings (SSSR count). The van der Waals surface area contributed by atoms with Crippen LogP contribution in [-0.2, 0) is 10.0 Å². The van der Waals surface area contributed by atoms with Crippen LogP contribution in [0.2, 0.25) is 0 Å². The van der Waals surface area contributed by atoms with Gasteiger partial charge in [-0.3, -0.25) is 0 Å². The highest BCUT2D eigenvalue weighted by Crippen LogP contribution is 2.32. The number of nitrogens with two attached hydrogens (primary N) is 1. The molecule has 112 valence electrons. The quantitative estimate of drug-likeness (QED) is 0.841. The van der Waals surface area contributed by atoms with E-state index in [1.165, 1.54) is 0 Å². The van der Waals surface area contributed by atoms with Gasteiger partial charge in [0.2, 0.25) is 10.0 Å². The third-order valence-corrected chi connectivity index (χ3v) is 5.57. The third kappa shape index (κ3) is 2.78. The van der Waals surface area contributed by atoms with Crippen LogP contribution in [0.4, 0.5) is 14.5 Å². The van der Waals surface area contributed by atoms with Crippen LogP contribution in [0.3, 0.4) is 0 Å². The number of anilines is 1. The zero-order valence-electron chi connectivity index (χ0n) is 11.4. The van der Waals surface area contributed by atoms with Crippen molar-refractivity contribution in [3.05, 3.63) is 23.8 Å². The smallest absolute Gasteiger partial charge is 0.243 e. The van der Waals surface area contributed by atoms with E-state index in [-0.39, 0.29) is 17.6 Å². The molecule has 1 saturated carbocycles. The lowest BCUT2D eigenvalue weighted by Crippen LogP contribution is -2.37. The van der Waals surface area contributed by atoms with Crippen molar-refractivity contribution in [2.45, 2.75) is 37.6 Å². The van der Waals surface area contributed by atoms with Crippen LogP contribution >= 0.6 is 0 Å². The Morgan fingerprint density at radius 2 is 1.90 bits per heavy atom. The van der Waals surface area contributed by atoms with Crippen molar-refractivity contribution in [3.8, 4) is 0 Å². The first kappa shape index (κ1) is 15.2. The van der Waals surface area contributed by atoms with Gasteiger partial charge in [-0.25, -0.2) is 21.9 Å². The lowest BCUT2D eigenvalue weighted by molar-refractivity contribution is 0.401. The molecule has 1 aromatic rings. The van der Waals surface area contributed by atoms with Gasteiger partial charge in [0.25, 0.3) is 0 Å². The van der Waals surface area contributed by atoms with Crippen LogP contribution in [-0.4, -0.2) is 14.5 Å². The number of hydrogen-bond acceptors (Lipinski definition) is 3. The molecular formula is C13H18F2N2O2S. The van der Waals surface area contributed by atoms with Crippen molar-refractivity contribution in [2.75, 3.05) is 5.73 Å². The molecule has 0 bridgehead atoms. The Morgan fingerprint density at radius 1 is 1.25 bits per heavy atom. The highest BCUT2D eigenvalue weighted by atomic mass is 32.2. The van der Waals surface area contributed by atoms with Gasteiger partial charge in [0.05, 0.1) is 0 Å². The van der Waals surface area contributed by atoms with E-state index in [4.69, 9.17) is 5.73 Å². The second-order valence-electron chi connectivity index (χ2n) is 5.46. The summed E-state index contributed by atoms with van der Waals surface area (Å²) < 4.78 is 53.8. The maximum Gasteiger partial charge on any atom is 0.243 e. The Morgan fingerprint density at radius 3 is 2.45 bits per heavy atom. The molecule has 4 nitrogen and oxygen atoms in total. The van der Waals surface area contributed by atoms with E-state index in [1.807, 2.05) is 13.8 Å². The van der Waals surface area contributed by atoms with E-state index in [0.717, 1.165) is 18.6 Å². The Bertz CT molecular complexity index is 619. The van der Waals surface area contributed by atoms with Gasteiger partial charge in [-0.1, -0.05) is 13.8 Å². The van der Waals surface area contributed by atoms with Crippen molar-refractivity contribution in [1.29, 1.82) is 0 Å². The summed E-state index contributed by atoms with van der Waals surface area (Å²) in [6.45, 7) is 3.99.